The number of hydrogen-bond acceptors (Lipinski definition) is 4. The zero-order chi connectivity index (χ0) is 17.4. The second-order valence-electron chi connectivity index (χ2n) is 6.73. The lowest BCUT2D eigenvalue weighted by Gasteiger charge is -2.22. The highest BCUT2D eigenvalue weighted by molar-refractivity contribution is 7.59. The van der Waals surface area contributed by atoms with E-state index in [9.17, 15) is 9.59 Å². The number of carbonyl (C=O) groups excluding carboxylic acids is 1. The predicted octanol–water partition coefficient (Wildman–Crippen LogP) is 1.02. The second kappa shape index (κ2) is 8.94. The Balaban J connectivity index is 0.00000169. The van der Waals surface area contributed by atoms with Crippen LogP contribution in [0.15, 0.2) is 23.0 Å². The summed E-state index contributed by atoms with van der Waals surface area (Å²) in [6, 6.07) is 5.72. The van der Waals surface area contributed by atoms with Gasteiger partial charge in [0.25, 0.3) is 5.56 Å². The maximum Gasteiger partial charge on any atom is 0.252 e. The van der Waals surface area contributed by atoms with E-state index >= 15 is 0 Å². The van der Waals surface area contributed by atoms with Gasteiger partial charge in [-0.1, -0.05) is 11.6 Å². The van der Waals surface area contributed by atoms with Crippen LogP contribution in [0.2, 0.25) is 0 Å². The Kier molecular flexibility index (Phi) is 7.76. The molecule has 2 aromatic rings. The minimum Gasteiger partial charge on any atom is -0.358 e. The molecule has 2 heterocycles. The number of benzene rings is 1. The number of H-pyrrole nitrogens is 1. The van der Waals surface area contributed by atoms with E-state index in [4.69, 9.17) is 5.73 Å². The summed E-state index contributed by atoms with van der Waals surface area (Å²) >= 11 is 0. The van der Waals surface area contributed by atoms with Crippen LogP contribution in [0.25, 0.3) is 10.9 Å². The molecule has 6 nitrogen and oxygen atoms in total. The fourth-order valence-electron chi connectivity index (χ4n) is 3.62. The molecule has 4 N–H and O–H groups in total. The van der Waals surface area contributed by atoms with Crippen molar-refractivity contribution >= 4 is 43.8 Å². The van der Waals surface area contributed by atoms with Crippen molar-refractivity contribution in [3.63, 3.8) is 0 Å². The Morgan fingerprint density at radius 2 is 2.00 bits per heavy atom. The monoisotopic (exact) mass is 396 g/mol. The molecule has 144 valence electrons. The van der Waals surface area contributed by atoms with Crippen molar-refractivity contribution in [2.45, 2.75) is 38.9 Å². The summed E-state index contributed by atoms with van der Waals surface area (Å²) in [5.74, 6) is -0.0492. The standard InChI is InChI=1S/C18H24N4O2.2H2S/c1-10-4-11(2)16-12(5-10)6-13(17(23)21-16)8-22-9-14(19)7-15(22)18(24)20-3;;/h4-6,14-15H,7-9,19H2,1-3H3,(H,20,24)(H,21,23);2*1H2/t14-,15-;;/m0../s1. The van der Waals surface area contributed by atoms with E-state index in [2.05, 4.69) is 22.4 Å². The fraction of sp³-hybridized carbons (Fsp3) is 0.444. The van der Waals surface area contributed by atoms with Crippen LogP contribution in [-0.4, -0.2) is 41.5 Å². The van der Waals surface area contributed by atoms with Crippen LogP contribution in [0, 0.1) is 13.8 Å². The normalized spacial score (nSPS) is 19.7. The molecule has 0 unspecified atom stereocenters. The Bertz CT molecular complexity index is 853. The van der Waals surface area contributed by atoms with Gasteiger partial charge in [0.15, 0.2) is 0 Å². The van der Waals surface area contributed by atoms with Gasteiger partial charge < -0.3 is 16.0 Å². The summed E-state index contributed by atoms with van der Waals surface area (Å²) in [7, 11) is 1.62. The summed E-state index contributed by atoms with van der Waals surface area (Å²) in [5.41, 5.74) is 9.66. The zero-order valence-electron chi connectivity index (χ0n) is 15.3. The first kappa shape index (κ1) is 22.6. The first-order valence-corrected chi connectivity index (χ1v) is 8.23. The number of likely N-dealkylation sites (tertiary alicyclic amines) is 1. The van der Waals surface area contributed by atoms with Crippen LogP contribution in [-0.2, 0) is 11.3 Å². The summed E-state index contributed by atoms with van der Waals surface area (Å²) in [6.45, 7) is 5.07. The van der Waals surface area contributed by atoms with E-state index in [-0.39, 0.29) is 50.5 Å². The van der Waals surface area contributed by atoms with E-state index in [1.165, 1.54) is 0 Å². The number of likely N-dealkylation sites (N-methyl/N-ethyl adjacent to an activating group) is 1. The van der Waals surface area contributed by atoms with E-state index in [0.717, 1.165) is 22.0 Å². The lowest BCUT2D eigenvalue weighted by Crippen LogP contribution is -2.42. The summed E-state index contributed by atoms with van der Waals surface area (Å²) < 4.78 is 0. The highest BCUT2D eigenvalue weighted by atomic mass is 32.1. The number of aromatic nitrogens is 1. The molecule has 1 amide bonds. The number of aryl methyl sites for hydroxylation is 2. The SMILES string of the molecule is CNC(=O)[C@@H]1C[C@H](N)CN1Cc1cc2cc(C)cc(C)c2[nH]c1=O.S.S. The van der Waals surface area contributed by atoms with Crippen LogP contribution in [0.1, 0.15) is 23.1 Å². The van der Waals surface area contributed by atoms with Gasteiger partial charge in [0.2, 0.25) is 5.91 Å². The molecule has 1 aliphatic rings. The molecular formula is C18H28N4O2S2. The van der Waals surface area contributed by atoms with Crippen molar-refractivity contribution in [2.24, 2.45) is 5.73 Å². The van der Waals surface area contributed by atoms with Gasteiger partial charge in [-0.3, -0.25) is 14.5 Å². The molecule has 26 heavy (non-hydrogen) atoms. The third-order valence-electron chi connectivity index (χ3n) is 4.73. The first-order chi connectivity index (χ1) is 11.4. The average molecular weight is 397 g/mol. The van der Waals surface area contributed by atoms with E-state index < -0.39 is 0 Å². The third kappa shape index (κ3) is 4.43. The van der Waals surface area contributed by atoms with Crippen molar-refractivity contribution in [1.29, 1.82) is 0 Å². The van der Waals surface area contributed by atoms with E-state index in [1.54, 1.807) is 7.05 Å². The van der Waals surface area contributed by atoms with Crippen molar-refractivity contribution < 1.29 is 4.79 Å². The summed E-state index contributed by atoms with van der Waals surface area (Å²) in [6.07, 6.45) is 0.614. The second-order valence-corrected chi connectivity index (χ2v) is 6.73. The molecule has 2 atom stereocenters. The molecule has 1 fully saturated rings. The van der Waals surface area contributed by atoms with E-state index in [1.807, 2.05) is 24.8 Å². The van der Waals surface area contributed by atoms with Gasteiger partial charge >= 0.3 is 0 Å². The van der Waals surface area contributed by atoms with Crippen LogP contribution in [0.3, 0.4) is 0 Å². The molecule has 1 aromatic heterocycles. The van der Waals surface area contributed by atoms with Crippen LogP contribution in [0.5, 0.6) is 0 Å². The number of hydrogen-bond donors (Lipinski definition) is 3. The average Bonchev–Trinajstić information content (AvgIpc) is 2.89. The Hall–Kier alpha value is -1.48. The number of amides is 1. The molecule has 8 heteroatoms. The fourth-order valence-corrected chi connectivity index (χ4v) is 3.62. The number of carbonyl (C=O) groups is 1. The quantitative estimate of drug-likeness (QED) is 0.722. The molecule has 0 radical (unpaired) electrons. The third-order valence-corrected chi connectivity index (χ3v) is 4.73. The largest absolute Gasteiger partial charge is 0.358 e. The van der Waals surface area contributed by atoms with Gasteiger partial charge in [0.1, 0.15) is 0 Å². The minimum atomic E-state index is -0.278. The van der Waals surface area contributed by atoms with Gasteiger partial charge in [-0.15, -0.1) is 0 Å². The molecular weight excluding hydrogens is 368 g/mol. The van der Waals surface area contributed by atoms with Crippen molar-refractivity contribution in [3.8, 4) is 0 Å². The summed E-state index contributed by atoms with van der Waals surface area (Å²) in [4.78, 5) is 29.5. The minimum absolute atomic E-state index is 0. The molecule has 0 bridgehead atoms. The number of rotatable bonds is 3. The van der Waals surface area contributed by atoms with Gasteiger partial charge in [-0.05, 0) is 43.4 Å². The molecule has 1 aromatic carbocycles. The maximum atomic E-state index is 12.5. The van der Waals surface area contributed by atoms with E-state index in [0.29, 0.717) is 25.1 Å². The predicted molar refractivity (Wildman–Crippen MR) is 116 cm³/mol. The number of nitrogens with zero attached hydrogens (tertiary/aromatic N) is 1. The van der Waals surface area contributed by atoms with Gasteiger partial charge in [0.05, 0.1) is 11.6 Å². The number of nitrogens with one attached hydrogen (secondary N) is 2. The molecule has 0 aliphatic carbocycles. The van der Waals surface area contributed by atoms with Gasteiger partial charge in [-0.25, -0.2) is 0 Å². The zero-order valence-corrected chi connectivity index (χ0v) is 17.3. The molecule has 1 saturated heterocycles. The van der Waals surface area contributed by atoms with Crippen molar-refractivity contribution in [1.82, 2.24) is 15.2 Å². The number of aromatic amines is 1. The van der Waals surface area contributed by atoms with Crippen molar-refractivity contribution in [2.75, 3.05) is 13.6 Å². The number of nitrogens with two attached hydrogens (primary N) is 1. The maximum absolute atomic E-state index is 12.5. The molecule has 0 saturated carbocycles. The topological polar surface area (TPSA) is 91.2 Å². The first-order valence-electron chi connectivity index (χ1n) is 8.23. The highest BCUT2D eigenvalue weighted by Crippen LogP contribution is 2.22. The molecule has 1 aliphatic heterocycles. The lowest BCUT2D eigenvalue weighted by atomic mass is 10.0. The smallest absolute Gasteiger partial charge is 0.252 e. The summed E-state index contributed by atoms with van der Waals surface area (Å²) in [5, 5.41) is 3.70. The lowest BCUT2D eigenvalue weighted by molar-refractivity contribution is -0.125. The number of fused-ring (bicyclic) bond motifs is 1. The van der Waals surface area contributed by atoms with Gasteiger partial charge in [0, 0.05) is 31.7 Å². The Labute approximate surface area is 167 Å². The highest BCUT2D eigenvalue weighted by Gasteiger charge is 2.34. The molecule has 3 rings (SSSR count). The van der Waals surface area contributed by atoms with Crippen molar-refractivity contribution in [3.05, 3.63) is 45.2 Å². The van der Waals surface area contributed by atoms with Gasteiger partial charge in [-0.2, -0.15) is 27.0 Å². The van der Waals surface area contributed by atoms with Crippen LogP contribution in [0.4, 0.5) is 0 Å². The Morgan fingerprint density at radius 1 is 1.31 bits per heavy atom. The Morgan fingerprint density at radius 3 is 2.65 bits per heavy atom. The number of pyridine rings is 1. The molecule has 0 spiro atoms. The van der Waals surface area contributed by atoms with Crippen LogP contribution < -0.4 is 16.6 Å². The van der Waals surface area contributed by atoms with Crippen LogP contribution >= 0.6 is 27.0 Å².